The Morgan fingerprint density at radius 1 is 1.06 bits per heavy atom. The number of amides is 1. The third-order valence-electron chi connectivity index (χ3n) is 6.03. The average Bonchev–Trinajstić information content (AvgIpc) is 2.68. The molecule has 2 aliphatic rings. The summed E-state index contributed by atoms with van der Waals surface area (Å²) in [6.07, 6.45) is 6.05. The molecule has 32 heavy (non-hydrogen) atoms. The fourth-order valence-electron chi connectivity index (χ4n) is 4.70. The van der Waals surface area contributed by atoms with Crippen LogP contribution >= 0.6 is 0 Å². The topological polar surface area (TPSA) is 42.0 Å². The number of hydrogen-bond acceptors (Lipinski definition) is 4. The van der Waals surface area contributed by atoms with Crippen molar-refractivity contribution < 1.29 is 14.0 Å². The molecule has 1 fully saturated rings. The van der Waals surface area contributed by atoms with E-state index in [0.29, 0.717) is 13.1 Å². The predicted octanol–water partition coefficient (Wildman–Crippen LogP) is 5.83. The summed E-state index contributed by atoms with van der Waals surface area (Å²) in [7, 11) is -1.73. The third-order valence-corrected chi connectivity index (χ3v) is 7.08. The normalized spacial score (nSPS) is 20.1. The van der Waals surface area contributed by atoms with E-state index < -0.39 is 13.9 Å². The molecular weight excluding hydrogens is 416 g/mol. The maximum atomic E-state index is 12.5. The molecule has 0 radical (unpaired) electrons. The van der Waals surface area contributed by atoms with Gasteiger partial charge in [0.1, 0.15) is 5.60 Å². The molecule has 2 aliphatic heterocycles. The number of rotatable bonds is 6. The first-order valence-electron chi connectivity index (χ1n) is 12.1. The van der Waals surface area contributed by atoms with Crippen molar-refractivity contribution in [3.8, 4) is 0 Å². The van der Waals surface area contributed by atoms with Crippen molar-refractivity contribution in [2.75, 3.05) is 26.2 Å². The zero-order valence-corrected chi connectivity index (χ0v) is 21.9. The van der Waals surface area contributed by atoms with Gasteiger partial charge in [0.25, 0.3) is 0 Å². The van der Waals surface area contributed by atoms with E-state index in [1.807, 2.05) is 25.7 Å². The minimum Gasteiger partial charge on any atom is -0.444 e. The number of nitrogens with zero attached hydrogens (tertiary/aromatic N) is 2. The standard InChI is InChI=1S/C26H42N2O3Si/c1-25(2,3)30-24(29)28-18-14-26(15-19-28,31-32(4,5)6)20-22-12-16-27(17-13-22)21-23-10-8-7-9-11-23/h7-12H,13-21H2,1-6H3. The summed E-state index contributed by atoms with van der Waals surface area (Å²) in [5, 5.41) is 0. The number of carbonyl (C=O) groups is 1. The van der Waals surface area contributed by atoms with Gasteiger partial charge in [0.05, 0.1) is 5.60 Å². The molecule has 0 N–H and O–H groups in total. The van der Waals surface area contributed by atoms with Crippen LogP contribution in [-0.2, 0) is 15.7 Å². The summed E-state index contributed by atoms with van der Waals surface area (Å²) in [5.74, 6) is 0. The van der Waals surface area contributed by atoms with Crippen LogP contribution in [0.3, 0.4) is 0 Å². The van der Waals surface area contributed by atoms with Crippen molar-refractivity contribution in [1.82, 2.24) is 9.80 Å². The molecule has 0 aliphatic carbocycles. The first-order valence-corrected chi connectivity index (χ1v) is 15.5. The van der Waals surface area contributed by atoms with Crippen LogP contribution < -0.4 is 0 Å². The third kappa shape index (κ3) is 7.75. The Morgan fingerprint density at radius 3 is 2.25 bits per heavy atom. The van der Waals surface area contributed by atoms with Gasteiger partial charge < -0.3 is 14.1 Å². The van der Waals surface area contributed by atoms with Crippen LogP contribution in [0.5, 0.6) is 0 Å². The Bertz CT molecular complexity index is 788. The van der Waals surface area contributed by atoms with E-state index in [1.165, 1.54) is 11.1 Å². The lowest BCUT2D eigenvalue weighted by Gasteiger charge is -2.46. The molecule has 0 atom stereocenters. The van der Waals surface area contributed by atoms with Crippen LogP contribution in [0.4, 0.5) is 4.79 Å². The zero-order chi connectivity index (χ0) is 23.4. The molecule has 0 bridgehead atoms. The number of carbonyl (C=O) groups excluding carboxylic acids is 1. The van der Waals surface area contributed by atoms with Gasteiger partial charge in [-0.2, -0.15) is 0 Å². The summed E-state index contributed by atoms with van der Waals surface area (Å²) in [4.78, 5) is 16.9. The van der Waals surface area contributed by atoms with Gasteiger partial charge in [-0.25, -0.2) is 4.79 Å². The first kappa shape index (κ1) is 25.0. The van der Waals surface area contributed by atoms with Gasteiger partial charge in [-0.15, -0.1) is 0 Å². The van der Waals surface area contributed by atoms with Crippen molar-refractivity contribution in [2.45, 2.75) is 83.8 Å². The molecule has 1 aromatic carbocycles. The second kappa shape index (κ2) is 10.1. The van der Waals surface area contributed by atoms with E-state index in [0.717, 1.165) is 45.3 Å². The van der Waals surface area contributed by atoms with Crippen LogP contribution in [0.15, 0.2) is 42.0 Å². The van der Waals surface area contributed by atoms with Crippen molar-refractivity contribution >= 4 is 14.4 Å². The van der Waals surface area contributed by atoms with Crippen LogP contribution in [0.25, 0.3) is 0 Å². The van der Waals surface area contributed by atoms with Crippen molar-refractivity contribution in [3.63, 3.8) is 0 Å². The highest BCUT2D eigenvalue weighted by Gasteiger charge is 2.41. The Morgan fingerprint density at radius 2 is 1.72 bits per heavy atom. The predicted molar refractivity (Wildman–Crippen MR) is 133 cm³/mol. The molecule has 3 rings (SSSR count). The Balaban J connectivity index is 1.61. The fraction of sp³-hybridized carbons (Fsp3) is 0.654. The van der Waals surface area contributed by atoms with E-state index >= 15 is 0 Å². The van der Waals surface area contributed by atoms with Crippen LogP contribution in [-0.4, -0.2) is 61.6 Å². The number of ether oxygens (including phenoxy) is 1. The maximum absolute atomic E-state index is 12.5. The highest BCUT2D eigenvalue weighted by molar-refractivity contribution is 6.69. The van der Waals surface area contributed by atoms with Gasteiger partial charge in [0, 0.05) is 32.7 Å². The number of likely N-dealkylation sites (tertiary alicyclic amines) is 1. The largest absolute Gasteiger partial charge is 0.444 e. The summed E-state index contributed by atoms with van der Waals surface area (Å²) < 4.78 is 12.4. The maximum Gasteiger partial charge on any atom is 0.410 e. The quantitative estimate of drug-likeness (QED) is 0.397. The molecule has 178 valence electrons. The smallest absolute Gasteiger partial charge is 0.410 e. The van der Waals surface area contributed by atoms with E-state index in [-0.39, 0.29) is 11.7 Å². The molecule has 2 heterocycles. The van der Waals surface area contributed by atoms with E-state index in [1.54, 1.807) is 0 Å². The monoisotopic (exact) mass is 458 g/mol. The molecule has 5 nitrogen and oxygen atoms in total. The van der Waals surface area contributed by atoms with Gasteiger partial charge in [0.2, 0.25) is 0 Å². The average molecular weight is 459 g/mol. The van der Waals surface area contributed by atoms with Gasteiger partial charge in [-0.1, -0.05) is 42.0 Å². The van der Waals surface area contributed by atoms with Crippen molar-refractivity contribution in [3.05, 3.63) is 47.5 Å². The molecule has 1 saturated heterocycles. The minimum atomic E-state index is -1.73. The molecule has 0 aromatic heterocycles. The molecule has 1 amide bonds. The number of benzene rings is 1. The second-order valence-electron chi connectivity index (χ2n) is 11.4. The summed E-state index contributed by atoms with van der Waals surface area (Å²) in [5.41, 5.74) is 2.27. The van der Waals surface area contributed by atoms with Crippen LogP contribution in [0.2, 0.25) is 19.6 Å². The molecule has 0 saturated carbocycles. The Hall–Kier alpha value is -1.63. The SMILES string of the molecule is CC(C)(C)OC(=O)N1CCC(CC2=CCN(Cc3ccccc3)CC2)(O[Si](C)(C)C)CC1. The fourth-order valence-corrected chi connectivity index (χ4v) is 6.28. The van der Waals surface area contributed by atoms with Gasteiger partial charge in [0.15, 0.2) is 8.32 Å². The molecule has 0 spiro atoms. The lowest BCUT2D eigenvalue weighted by molar-refractivity contribution is -0.0218. The van der Waals surface area contributed by atoms with Crippen molar-refractivity contribution in [1.29, 1.82) is 0 Å². The Labute approximate surface area is 195 Å². The van der Waals surface area contributed by atoms with E-state index in [2.05, 4.69) is 60.9 Å². The number of hydrogen-bond donors (Lipinski definition) is 0. The van der Waals surface area contributed by atoms with Gasteiger partial charge in [-0.05, 0) is 71.7 Å². The molecule has 1 aromatic rings. The first-order chi connectivity index (χ1) is 14.9. The summed E-state index contributed by atoms with van der Waals surface area (Å²) in [6.45, 7) is 17.1. The lowest BCUT2D eigenvalue weighted by atomic mass is 9.83. The van der Waals surface area contributed by atoms with E-state index in [9.17, 15) is 4.79 Å². The van der Waals surface area contributed by atoms with Crippen LogP contribution in [0.1, 0.15) is 52.0 Å². The van der Waals surface area contributed by atoms with Crippen molar-refractivity contribution in [2.24, 2.45) is 0 Å². The second-order valence-corrected chi connectivity index (χ2v) is 15.8. The molecule has 6 heteroatoms. The zero-order valence-electron chi connectivity index (χ0n) is 20.9. The summed E-state index contributed by atoms with van der Waals surface area (Å²) >= 11 is 0. The van der Waals surface area contributed by atoms with E-state index in [4.69, 9.17) is 9.16 Å². The number of piperidine rings is 1. The minimum absolute atomic E-state index is 0.156. The van der Waals surface area contributed by atoms with Gasteiger partial charge in [-0.3, -0.25) is 4.90 Å². The molecular formula is C26H42N2O3Si. The van der Waals surface area contributed by atoms with Gasteiger partial charge >= 0.3 is 6.09 Å². The lowest BCUT2D eigenvalue weighted by Crippen LogP contribution is -2.52. The van der Waals surface area contributed by atoms with Crippen LogP contribution in [0, 0.1) is 0 Å². The Kier molecular flexibility index (Phi) is 7.89. The molecule has 0 unspecified atom stereocenters. The summed E-state index contributed by atoms with van der Waals surface area (Å²) in [6, 6.07) is 10.7. The highest BCUT2D eigenvalue weighted by Crippen LogP contribution is 2.37. The highest BCUT2D eigenvalue weighted by atomic mass is 28.4.